The lowest BCUT2D eigenvalue weighted by Gasteiger charge is -2.35. The Labute approximate surface area is 188 Å². The first kappa shape index (κ1) is 23.8. The van der Waals surface area contributed by atoms with E-state index in [-0.39, 0.29) is 35.7 Å². The minimum atomic E-state index is -4.03. The number of ether oxygens (including phenoxy) is 3. The van der Waals surface area contributed by atoms with Crippen LogP contribution in [0.2, 0.25) is 0 Å². The standard InChI is InChI=1S/C18H26FN6O7P/c1-8(2)30-14-11-13(22-17(20)23-14)25(7-21-11)16-18(4,19)12-10(31-16)6-29-33(27,32-12)24-9(3)15(26)28-5/h7-10,12,16H,6H2,1-5H3,(H,24,27)(H2,20,22,23)/t9-,10+,12+,16+,18+,33-/m0/s1. The molecule has 6 atom stereocenters. The molecule has 4 heterocycles. The van der Waals surface area contributed by atoms with Gasteiger partial charge in [0.05, 0.1) is 26.1 Å². The number of imidazole rings is 1. The molecule has 0 bridgehead atoms. The van der Waals surface area contributed by atoms with Gasteiger partial charge in [0.2, 0.25) is 11.8 Å². The molecule has 182 valence electrons. The molecule has 2 aliphatic heterocycles. The van der Waals surface area contributed by atoms with E-state index in [4.69, 9.17) is 24.3 Å². The molecule has 0 aliphatic carbocycles. The molecule has 2 aromatic heterocycles. The number of carbonyl (C=O) groups excluding carboxylic acids is 1. The zero-order chi connectivity index (χ0) is 24.1. The van der Waals surface area contributed by atoms with Gasteiger partial charge < -0.3 is 19.9 Å². The largest absolute Gasteiger partial charge is 0.473 e. The molecule has 4 rings (SSSR count). The second-order valence-corrected chi connectivity index (χ2v) is 9.97. The van der Waals surface area contributed by atoms with E-state index in [2.05, 4.69) is 24.8 Å². The number of hydrogen-bond donors (Lipinski definition) is 2. The second kappa shape index (κ2) is 8.44. The highest BCUT2D eigenvalue weighted by Crippen LogP contribution is 2.57. The van der Waals surface area contributed by atoms with Crippen LogP contribution >= 0.6 is 7.75 Å². The van der Waals surface area contributed by atoms with Crippen molar-refractivity contribution in [1.29, 1.82) is 0 Å². The predicted molar refractivity (Wildman–Crippen MR) is 112 cm³/mol. The Hall–Kier alpha value is -2.38. The van der Waals surface area contributed by atoms with Gasteiger partial charge in [-0.1, -0.05) is 0 Å². The number of nitrogens with zero attached hydrogens (tertiary/aromatic N) is 4. The van der Waals surface area contributed by atoms with E-state index in [1.54, 1.807) is 0 Å². The molecule has 33 heavy (non-hydrogen) atoms. The summed E-state index contributed by atoms with van der Waals surface area (Å²) in [4.78, 5) is 24.2. The number of rotatable bonds is 6. The van der Waals surface area contributed by atoms with Crippen molar-refractivity contribution in [2.24, 2.45) is 0 Å². The average molecular weight is 488 g/mol. The van der Waals surface area contributed by atoms with Crippen molar-refractivity contribution in [3.8, 4) is 5.88 Å². The van der Waals surface area contributed by atoms with Gasteiger partial charge in [0.1, 0.15) is 18.2 Å². The van der Waals surface area contributed by atoms with Crippen LogP contribution in [0.3, 0.4) is 0 Å². The molecule has 2 aliphatic rings. The maximum atomic E-state index is 16.1. The molecule has 2 fully saturated rings. The summed E-state index contributed by atoms with van der Waals surface area (Å²) in [5.74, 6) is -0.599. The Balaban J connectivity index is 1.64. The summed E-state index contributed by atoms with van der Waals surface area (Å²) in [7, 11) is -2.84. The van der Waals surface area contributed by atoms with Crippen molar-refractivity contribution in [3.63, 3.8) is 0 Å². The highest BCUT2D eigenvalue weighted by molar-refractivity contribution is 7.51. The summed E-state index contributed by atoms with van der Waals surface area (Å²) in [6, 6.07) is -1.00. The van der Waals surface area contributed by atoms with Crippen LogP contribution in [0.4, 0.5) is 10.3 Å². The van der Waals surface area contributed by atoms with Crippen LogP contribution < -0.4 is 15.6 Å². The minimum absolute atomic E-state index is 0.0824. The molecule has 2 saturated heterocycles. The summed E-state index contributed by atoms with van der Waals surface area (Å²) in [5.41, 5.74) is 4.12. The monoisotopic (exact) mass is 488 g/mol. The maximum absolute atomic E-state index is 16.1. The van der Waals surface area contributed by atoms with Gasteiger partial charge in [0.25, 0.3) is 0 Å². The van der Waals surface area contributed by atoms with Crippen LogP contribution in [0.1, 0.15) is 33.9 Å². The van der Waals surface area contributed by atoms with E-state index >= 15 is 4.39 Å². The van der Waals surface area contributed by atoms with Crippen LogP contribution in [-0.4, -0.2) is 69.2 Å². The Morgan fingerprint density at radius 2 is 2.15 bits per heavy atom. The third-order valence-corrected chi connectivity index (χ3v) is 6.95. The fraction of sp³-hybridized carbons (Fsp3) is 0.667. The lowest BCUT2D eigenvalue weighted by Crippen LogP contribution is -2.47. The minimum Gasteiger partial charge on any atom is -0.473 e. The number of halogens is 1. The first-order valence-electron chi connectivity index (χ1n) is 10.2. The second-order valence-electron chi connectivity index (χ2n) is 8.25. The molecular weight excluding hydrogens is 462 g/mol. The fourth-order valence-electron chi connectivity index (χ4n) is 3.78. The lowest BCUT2D eigenvalue weighted by molar-refractivity contribution is -0.142. The zero-order valence-corrected chi connectivity index (χ0v) is 19.6. The Bertz CT molecular complexity index is 1110. The van der Waals surface area contributed by atoms with Gasteiger partial charge in [-0.05, 0) is 27.7 Å². The van der Waals surface area contributed by atoms with Crippen LogP contribution in [0.25, 0.3) is 11.2 Å². The van der Waals surface area contributed by atoms with Crippen molar-refractivity contribution in [1.82, 2.24) is 24.6 Å². The van der Waals surface area contributed by atoms with E-state index < -0.39 is 43.9 Å². The third kappa shape index (κ3) is 4.28. The highest BCUT2D eigenvalue weighted by Gasteiger charge is 2.61. The number of nitrogens with one attached hydrogen (secondary N) is 1. The van der Waals surface area contributed by atoms with Crippen molar-refractivity contribution in [3.05, 3.63) is 6.33 Å². The van der Waals surface area contributed by atoms with E-state index in [1.807, 2.05) is 13.8 Å². The summed E-state index contributed by atoms with van der Waals surface area (Å²) >= 11 is 0. The van der Waals surface area contributed by atoms with Crippen LogP contribution in [0.5, 0.6) is 5.88 Å². The summed E-state index contributed by atoms with van der Waals surface area (Å²) in [6.07, 6.45) is -2.28. The van der Waals surface area contributed by atoms with E-state index in [0.717, 1.165) is 0 Å². The molecule has 13 nitrogen and oxygen atoms in total. The molecule has 0 saturated carbocycles. The number of alkyl halides is 1. The van der Waals surface area contributed by atoms with Gasteiger partial charge in [0.15, 0.2) is 23.1 Å². The number of anilines is 1. The van der Waals surface area contributed by atoms with Crippen molar-refractivity contribution in [2.45, 2.75) is 63.9 Å². The summed E-state index contributed by atoms with van der Waals surface area (Å²) in [6.45, 7) is 6.07. The molecular formula is C18H26FN6O7P. The van der Waals surface area contributed by atoms with E-state index in [0.29, 0.717) is 0 Å². The van der Waals surface area contributed by atoms with Crippen molar-refractivity contribution >= 4 is 30.8 Å². The molecule has 0 spiro atoms. The number of methoxy groups -OCH3 is 1. The normalized spacial score (nSPS) is 32.6. The Morgan fingerprint density at radius 1 is 1.42 bits per heavy atom. The molecule has 15 heteroatoms. The highest BCUT2D eigenvalue weighted by atomic mass is 31.2. The number of nitrogens with two attached hydrogens (primary N) is 1. The van der Waals surface area contributed by atoms with Gasteiger partial charge in [-0.2, -0.15) is 9.97 Å². The summed E-state index contributed by atoms with van der Waals surface area (Å²) in [5, 5.41) is 2.45. The van der Waals surface area contributed by atoms with Crippen LogP contribution in [-0.2, 0) is 27.9 Å². The van der Waals surface area contributed by atoms with Crippen molar-refractivity contribution < 1.29 is 37.0 Å². The smallest absolute Gasteiger partial charge is 0.406 e. The van der Waals surface area contributed by atoms with E-state index in [9.17, 15) is 9.36 Å². The number of hydrogen-bond acceptors (Lipinski definition) is 11. The number of aromatic nitrogens is 4. The van der Waals surface area contributed by atoms with Crippen molar-refractivity contribution in [2.75, 3.05) is 19.5 Å². The van der Waals surface area contributed by atoms with Crippen LogP contribution in [0.15, 0.2) is 6.33 Å². The first-order valence-corrected chi connectivity index (χ1v) is 11.8. The lowest BCUT2D eigenvalue weighted by atomic mass is 9.98. The van der Waals surface area contributed by atoms with Gasteiger partial charge in [-0.15, -0.1) is 0 Å². The number of esters is 1. The summed E-state index contributed by atoms with van der Waals surface area (Å²) < 4.78 is 57.5. The molecule has 3 N–H and O–H groups in total. The molecule has 0 aromatic carbocycles. The number of nitrogen functional groups attached to an aromatic ring is 1. The molecule has 0 radical (unpaired) electrons. The first-order chi connectivity index (χ1) is 15.4. The molecule has 0 unspecified atom stereocenters. The Kier molecular flexibility index (Phi) is 6.08. The van der Waals surface area contributed by atoms with E-state index in [1.165, 1.54) is 31.9 Å². The Morgan fingerprint density at radius 3 is 2.82 bits per heavy atom. The fourth-order valence-corrected chi connectivity index (χ4v) is 5.54. The third-order valence-electron chi connectivity index (χ3n) is 5.25. The van der Waals surface area contributed by atoms with Gasteiger partial charge in [0, 0.05) is 0 Å². The number of fused-ring (bicyclic) bond motifs is 2. The topological polar surface area (TPSA) is 162 Å². The molecule has 0 amide bonds. The average Bonchev–Trinajstić information content (AvgIpc) is 3.25. The molecule has 2 aromatic rings. The number of carbonyl (C=O) groups is 1. The van der Waals surface area contributed by atoms with Gasteiger partial charge in [-0.3, -0.25) is 18.4 Å². The maximum Gasteiger partial charge on any atom is 0.406 e. The van der Waals surface area contributed by atoms with Gasteiger partial charge in [-0.25, -0.2) is 19.0 Å². The SMILES string of the molecule is COC(=O)[C@H](C)N[P@]1(=O)OC[C@H]2O[C@@H](n3cnc4c(OC(C)C)nc(N)nc43)[C@](C)(F)[C@@H]2O1. The van der Waals surface area contributed by atoms with Gasteiger partial charge >= 0.3 is 13.7 Å². The zero-order valence-electron chi connectivity index (χ0n) is 18.7. The quantitative estimate of drug-likeness (QED) is 0.446. The van der Waals surface area contributed by atoms with Crippen LogP contribution in [0, 0.1) is 0 Å². The predicted octanol–water partition coefficient (Wildman–Crippen LogP) is 1.50.